The first-order chi connectivity index (χ1) is 11.9. The molecule has 0 fully saturated rings. The fourth-order valence-corrected chi connectivity index (χ4v) is 3.62. The summed E-state index contributed by atoms with van der Waals surface area (Å²) < 4.78 is 36.9. The van der Waals surface area contributed by atoms with E-state index in [1.54, 1.807) is 24.3 Å². The van der Waals surface area contributed by atoms with Crippen LogP contribution in [-0.2, 0) is 24.3 Å². The number of nitrogens with zero attached hydrogens (tertiary/aromatic N) is 1. The van der Waals surface area contributed by atoms with Crippen LogP contribution in [0.5, 0.6) is 0 Å². The van der Waals surface area contributed by atoms with Crippen molar-refractivity contribution in [2.75, 3.05) is 33.4 Å². The summed E-state index contributed by atoms with van der Waals surface area (Å²) in [4.78, 5) is 11.3. The van der Waals surface area contributed by atoms with Gasteiger partial charge in [0.2, 0.25) is 10.0 Å². The molecular weight excluding hydrogens is 342 g/mol. The highest BCUT2D eigenvalue weighted by molar-refractivity contribution is 7.89. The number of ether oxygens (including phenoxy) is 2. The summed E-state index contributed by atoms with van der Waals surface area (Å²) >= 11 is 0. The number of carbonyl (C=O) groups is 1. The number of carbonyl (C=O) groups excluding carboxylic acids is 1. The van der Waals surface area contributed by atoms with E-state index in [4.69, 9.17) is 4.74 Å². The number of esters is 1. The van der Waals surface area contributed by atoms with Crippen LogP contribution in [0.3, 0.4) is 0 Å². The van der Waals surface area contributed by atoms with Gasteiger partial charge in [-0.05, 0) is 25.5 Å². The van der Waals surface area contributed by atoms with Crippen molar-refractivity contribution in [2.45, 2.75) is 18.2 Å². The quantitative estimate of drug-likeness (QED) is 0.343. The second-order valence-corrected chi connectivity index (χ2v) is 7.50. The minimum Gasteiger partial charge on any atom is -0.459 e. The van der Waals surface area contributed by atoms with Crippen LogP contribution in [0.1, 0.15) is 12.0 Å². The van der Waals surface area contributed by atoms with Crippen LogP contribution in [0.15, 0.2) is 40.8 Å². The summed E-state index contributed by atoms with van der Waals surface area (Å²) in [6.45, 7) is 3.06. The molecule has 1 aliphatic heterocycles. The van der Waals surface area contributed by atoms with Gasteiger partial charge in [-0.25, -0.2) is 13.2 Å². The molecule has 1 aromatic carbocycles. The van der Waals surface area contributed by atoms with Gasteiger partial charge in [-0.15, -0.1) is 0 Å². The lowest BCUT2D eigenvalue weighted by molar-refractivity contribution is -0.133. The molecule has 134 valence electrons. The fourth-order valence-electron chi connectivity index (χ4n) is 2.27. The Bertz CT molecular complexity index is 800. The van der Waals surface area contributed by atoms with Crippen LogP contribution >= 0.6 is 0 Å². The second kappa shape index (κ2) is 8.81. The van der Waals surface area contributed by atoms with Gasteiger partial charge < -0.3 is 9.47 Å². The summed E-state index contributed by atoms with van der Waals surface area (Å²) in [5, 5.41) is 0. The molecule has 0 N–H and O–H groups in total. The van der Waals surface area contributed by atoms with Crippen molar-refractivity contribution in [2.24, 2.45) is 0 Å². The van der Waals surface area contributed by atoms with Gasteiger partial charge in [0.15, 0.2) is 0 Å². The molecule has 0 saturated carbocycles. The fraction of sp³-hybridized carbons (Fsp3) is 0.389. The standard InChI is InChI=1S/C18H21NO5S/c1-15-5-7-17(8-6-15)25(21,22)19(11-3-4-18(20)23-2)14-16-9-12-24-13-10-16/h5-9H,10-14H2,1-2H3. The van der Waals surface area contributed by atoms with Crippen molar-refractivity contribution < 1.29 is 22.7 Å². The normalized spacial score (nSPS) is 14.4. The summed E-state index contributed by atoms with van der Waals surface area (Å²) in [6, 6.07) is 6.64. The maximum atomic E-state index is 12.9. The Morgan fingerprint density at radius 2 is 2.04 bits per heavy atom. The zero-order valence-electron chi connectivity index (χ0n) is 14.3. The van der Waals surface area contributed by atoms with Gasteiger partial charge in [0.25, 0.3) is 0 Å². The molecule has 6 nitrogen and oxygen atoms in total. The Morgan fingerprint density at radius 3 is 2.64 bits per heavy atom. The number of methoxy groups -OCH3 is 1. The molecule has 0 saturated heterocycles. The van der Waals surface area contributed by atoms with Crippen molar-refractivity contribution in [3.63, 3.8) is 0 Å². The number of sulfonamides is 1. The van der Waals surface area contributed by atoms with E-state index >= 15 is 0 Å². The number of hydrogen-bond donors (Lipinski definition) is 0. The molecule has 7 heteroatoms. The van der Waals surface area contributed by atoms with Crippen LogP contribution < -0.4 is 0 Å². The first kappa shape index (κ1) is 19.2. The van der Waals surface area contributed by atoms with Crippen LogP contribution in [0, 0.1) is 18.8 Å². The Hall–Kier alpha value is -2.14. The predicted molar refractivity (Wildman–Crippen MR) is 93.2 cm³/mol. The van der Waals surface area contributed by atoms with E-state index in [0.29, 0.717) is 19.6 Å². The topological polar surface area (TPSA) is 72.9 Å². The van der Waals surface area contributed by atoms with E-state index in [2.05, 4.69) is 16.6 Å². The highest BCUT2D eigenvalue weighted by Crippen LogP contribution is 2.19. The number of rotatable bonds is 5. The van der Waals surface area contributed by atoms with Crippen molar-refractivity contribution >= 4 is 16.0 Å². The van der Waals surface area contributed by atoms with Gasteiger partial charge in [-0.2, -0.15) is 4.31 Å². The lowest BCUT2D eigenvalue weighted by Crippen LogP contribution is -2.34. The summed E-state index contributed by atoms with van der Waals surface area (Å²) in [5.74, 6) is 4.15. The van der Waals surface area contributed by atoms with Crippen LogP contribution in [-0.4, -0.2) is 52.1 Å². The van der Waals surface area contributed by atoms with E-state index in [-0.39, 0.29) is 18.0 Å². The van der Waals surface area contributed by atoms with E-state index < -0.39 is 16.0 Å². The Morgan fingerprint density at radius 1 is 1.32 bits per heavy atom. The number of hydrogen-bond acceptors (Lipinski definition) is 5. The molecule has 0 unspecified atom stereocenters. The molecule has 25 heavy (non-hydrogen) atoms. The molecule has 0 aliphatic carbocycles. The zero-order valence-corrected chi connectivity index (χ0v) is 15.1. The predicted octanol–water partition coefficient (Wildman–Crippen LogP) is 1.51. The van der Waals surface area contributed by atoms with Crippen LogP contribution in [0.4, 0.5) is 0 Å². The van der Waals surface area contributed by atoms with Gasteiger partial charge in [0.1, 0.15) is 0 Å². The Balaban J connectivity index is 2.27. The van der Waals surface area contributed by atoms with Crippen molar-refractivity contribution in [1.29, 1.82) is 0 Å². The first-order valence-corrected chi connectivity index (χ1v) is 9.27. The van der Waals surface area contributed by atoms with Crippen molar-refractivity contribution in [1.82, 2.24) is 4.31 Å². The molecule has 0 bridgehead atoms. The smallest absolute Gasteiger partial charge is 0.384 e. The van der Waals surface area contributed by atoms with Gasteiger partial charge in [0, 0.05) is 12.5 Å². The minimum absolute atomic E-state index is 0.0937. The molecular formula is C18H21NO5S. The number of benzene rings is 1. The summed E-state index contributed by atoms with van der Waals surface area (Å²) in [5.41, 5.74) is 1.95. The SMILES string of the molecule is COC(=O)C#CCN(CC1=CCOCC1)S(=O)(=O)c1ccc(C)cc1. The minimum atomic E-state index is -3.72. The Labute approximate surface area is 148 Å². The first-order valence-electron chi connectivity index (χ1n) is 7.83. The maximum absolute atomic E-state index is 12.9. The van der Waals surface area contributed by atoms with E-state index in [1.807, 2.05) is 13.0 Å². The second-order valence-electron chi connectivity index (χ2n) is 5.57. The third-order valence-electron chi connectivity index (χ3n) is 3.73. The van der Waals surface area contributed by atoms with Crippen LogP contribution in [0.2, 0.25) is 0 Å². The molecule has 1 heterocycles. The zero-order chi connectivity index (χ0) is 18.3. The van der Waals surface area contributed by atoms with E-state index in [0.717, 1.165) is 11.1 Å². The maximum Gasteiger partial charge on any atom is 0.384 e. The number of aryl methyl sites for hydroxylation is 1. The molecule has 0 radical (unpaired) electrons. The average molecular weight is 363 g/mol. The lowest BCUT2D eigenvalue weighted by atomic mass is 10.1. The molecule has 1 aromatic rings. The third-order valence-corrected chi connectivity index (χ3v) is 5.53. The lowest BCUT2D eigenvalue weighted by Gasteiger charge is -2.23. The van der Waals surface area contributed by atoms with Crippen molar-refractivity contribution in [3.8, 4) is 11.8 Å². The molecule has 0 atom stereocenters. The molecule has 0 amide bonds. The highest BCUT2D eigenvalue weighted by Gasteiger charge is 2.25. The van der Waals surface area contributed by atoms with Crippen molar-refractivity contribution in [3.05, 3.63) is 41.5 Å². The Kier molecular flexibility index (Phi) is 6.76. The molecule has 0 aromatic heterocycles. The molecule has 2 rings (SSSR count). The monoisotopic (exact) mass is 363 g/mol. The summed E-state index contributed by atoms with van der Waals surface area (Å²) in [6.07, 6.45) is 2.55. The highest BCUT2D eigenvalue weighted by atomic mass is 32.2. The van der Waals surface area contributed by atoms with Gasteiger partial charge in [-0.3, -0.25) is 0 Å². The van der Waals surface area contributed by atoms with Gasteiger partial charge in [0.05, 0.1) is 31.8 Å². The molecule has 0 spiro atoms. The summed E-state index contributed by atoms with van der Waals surface area (Å²) in [7, 11) is -2.50. The molecule has 1 aliphatic rings. The van der Waals surface area contributed by atoms with E-state index in [1.165, 1.54) is 11.4 Å². The van der Waals surface area contributed by atoms with Gasteiger partial charge in [-0.1, -0.05) is 35.3 Å². The van der Waals surface area contributed by atoms with Gasteiger partial charge >= 0.3 is 5.97 Å². The largest absolute Gasteiger partial charge is 0.459 e. The van der Waals surface area contributed by atoms with Crippen LogP contribution in [0.25, 0.3) is 0 Å². The third kappa shape index (κ3) is 5.43. The average Bonchev–Trinajstić information content (AvgIpc) is 2.62. The van der Waals surface area contributed by atoms with E-state index in [9.17, 15) is 13.2 Å².